The van der Waals surface area contributed by atoms with Crippen LogP contribution in [-0.4, -0.2) is 65.9 Å². The highest BCUT2D eigenvalue weighted by Gasteiger charge is 2.32. The number of morpholine rings is 1. The van der Waals surface area contributed by atoms with E-state index in [1.807, 2.05) is 18.2 Å². The minimum atomic E-state index is -0.115. The number of thioether (sulfide) groups is 1. The summed E-state index contributed by atoms with van der Waals surface area (Å²) in [6.07, 6.45) is 3.13. The molecule has 0 spiro atoms. The lowest BCUT2D eigenvalue weighted by Gasteiger charge is -2.28. The molecule has 2 aliphatic heterocycles. The maximum absolute atomic E-state index is 13.0. The third-order valence-electron chi connectivity index (χ3n) is 6.30. The van der Waals surface area contributed by atoms with Crippen LogP contribution in [0.3, 0.4) is 0 Å². The number of benzene rings is 1. The van der Waals surface area contributed by atoms with Gasteiger partial charge in [0.15, 0.2) is 16.7 Å². The minimum absolute atomic E-state index is 0.0194. The maximum atomic E-state index is 13.0. The number of ether oxygens (including phenoxy) is 3. The van der Waals surface area contributed by atoms with Crippen molar-refractivity contribution in [1.82, 2.24) is 20.1 Å². The van der Waals surface area contributed by atoms with Crippen LogP contribution in [0.4, 0.5) is 5.95 Å². The predicted molar refractivity (Wildman–Crippen MR) is 130 cm³/mol. The molecule has 1 unspecified atom stereocenters. The van der Waals surface area contributed by atoms with Gasteiger partial charge in [-0.3, -0.25) is 9.36 Å². The Bertz CT molecular complexity index is 1000. The summed E-state index contributed by atoms with van der Waals surface area (Å²) in [5, 5.41) is 12.9. The summed E-state index contributed by atoms with van der Waals surface area (Å²) < 4.78 is 19.3. The average molecular weight is 488 g/mol. The zero-order valence-electron chi connectivity index (χ0n) is 19.9. The Kier molecular flexibility index (Phi) is 7.15. The molecule has 1 aliphatic carbocycles. The van der Waals surface area contributed by atoms with Gasteiger partial charge in [0.1, 0.15) is 0 Å². The summed E-state index contributed by atoms with van der Waals surface area (Å²) in [4.78, 5) is 15.2. The van der Waals surface area contributed by atoms with E-state index in [-0.39, 0.29) is 17.9 Å². The number of anilines is 1. The average Bonchev–Trinajstić information content (AvgIpc) is 3.64. The van der Waals surface area contributed by atoms with Crippen molar-refractivity contribution in [3.8, 4) is 11.5 Å². The van der Waals surface area contributed by atoms with Gasteiger partial charge < -0.3 is 24.4 Å². The van der Waals surface area contributed by atoms with Crippen LogP contribution in [0.2, 0.25) is 0 Å². The smallest absolute Gasteiger partial charge is 0.230 e. The van der Waals surface area contributed by atoms with Crippen LogP contribution >= 0.6 is 11.8 Å². The highest BCUT2D eigenvalue weighted by Crippen LogP contribution is 2.41. The van der Waals surface area contributed by atoms with Crippen molar-refractivity contribution in [3.05, 3.63) is 23.8 Å². The molecule has 1 atom stereocenters. The van der Waals surface area contributed by atoms with Crippen LogP contribution < -0.4 is 19.7 Å². The van der Waals surface area contributed by atoms with Crippen LogP contribution in [0.1, 0.15) is 50.8 Å². The molecule has 2 aromatic rings. The second kappa shape index (κ2) is 10.4. The van der Waals surface area contributed by atoms with Crippen molar-refractivity contribution in [3.63, 3.8) is 0 Å². The lowest BCUT2D eigenvalue weighted by Crippen LogP contribution is -2.38. The molecule has 5 rings (SSSR count). The minimum Gasteiger partial charge on any atom is -0.490 e. The predicted octanol–water partition coefficient (Wildman–Crippen LogP) is 3.22. The maximum Gasteiger partial charge on any atom is 0.230 e. The van der Waals surface area contributed by atoms with Crippen molar-refractivity contribution < 1.29 is 19.0 Å². The van der Waals surface area contributed by atoms with E-state index in [0.717, 1.165) is 60.5 Å². The van der Waals surface area contributed by atoms with Gasteiger partial charge in [-0.25, -0.2) is 0 Å². The Labute approximate surface area is 204 Å². The van der Waals surface area contributed by atoms with Crippen molar-refractivity contribution in [1.29, 1.82) is 0 Å². The summed E-state index contributed by atoms with van der Waals surface area (Å²) >= 11 is 1.46. The Morgan fingerprint density at radius 3 is 2.62 bits per heavy atom. The van der Waals surface area contributed by atoms with Gasteiger partial charge >= 0.3 is 0 Å². The largest absolute Gasteiger partial charge is 0.490 e. The SMILES string of the molecule is CC(C)C(NC(=O)CSc1nnc(N2CCOCC2)n1C1CC1)c1ccc2c(c1)OCCCO2. The Morgan fingerprint density at radius 1 is 1.12 bits per heavy atom. The van der Waals surface area contributed by atoms with Crippen molar-refractivity contribution in [2.75, 3.05) is 50.2 Å². The number of carbonyl (C=O) groups is 1. The monoisotopic (exact) mass is 487 g/mol. The molecule has 3 heterocycles. The molecule has 1 saturated heterocycles. The number of fused-ring (bicyclic) bond motifs is 1. The zero-order chi connectivity index (χ0) is 23.5. The molecule has 0 radical (unpaired) electrons. The lowest BCUT2D eigenvalue weighted by molar-refractivity contribution is -0.119. The summed E-state index contributed by atoms with van der Waals surface area (Å²) in [5.41, 5.74) is 1.02. The van der Waals surface area contributed by atoms with E-state index >= 15 is 0 Å². The van der Waals surface area contributed by atoms with Gasteiger partial charge in [0, 0.05) is 25.6 Å². The summed E-state index contributed by atoms with van der Waals surface area (Å²) in [5.74, 6) is 2.91. The highest BCUT2D eigenvalue weighted by atomic mass is 32.2. The van der Waals surface area contributed by atoms with Crippen LogP contribution in [0.15, 0.2) is 23.4 Å². The van der Waals surface area contributed by atoms with Gasteiger partial charge in [0.2, 0.25) is 11.9 Å². The third kappa shape index (κ3) is 5.27. The molecule has 2 fully saturated rings. The third-order valence-corrected chi connectivity index (χ3v) is 7.24. The van der Waals surface area contributed by atoms with Gasteiger partial charge in [-0.1, -0.05) is 31.7 Å². The number of hydrogen-bond acceptors (Lipinski definition) is 8. The second-order valence-corrected chi connectivity index (χ2v) is 10.3. The molecule has 1 aromatic heterocycles. The fourth-order valence-corrected chi connectivity index (χ4v) is 5.16. The van der Waals surface area contributed by atoms with E-state index in [1.54, 1.807) is 0 Å². The first-order chi connectivity index (χ1) is 16.6. The molecule has 10 heteroatoms. The van der Waals surface area contributed by atoms with Crippen LogP contribution in [0, 0.1) is 5.92 Å². The fourth-order valence-electron chi connectivity index (χ4n) is 4.35. The van der Waals surface area contributed by atoms with Gasteiger partial charge in [-0.2, -0.15) is 0 Å². The Hall–Kier alpha value is -2.46. The molecule has 34 heavy (non-hydrogen) atoms. The number of carbonyl (C=O) groups excluding carboxylic acids is 1. The topological polar surface area (TPSA) is 90.7 Å². The van der Waals surface area contributed by atoms with E-state index in [0.29, 0.717) is 38.2 Å². The molecule has 1 aromatic carbocycles. The standard InChI is InChI=1S/C24H33N5O4S/c1-16(2)22(17-4-7-19-20(14-17)33-11-3-10-32-19)25-21(30)15-34-24-27-26-23(29(24)18-5-6-18)28-8-12-31-13-9-28/h4,7,14,16,18,22H,3,5-6,8-13,15H2,1-2H3,(H,25,30). The normalized spacial score (nSPS) is 19.1. The number of hydrogen-bond donors (Lipinski definition) is 1. The van der Waals surface area contributed by atoms with Gasteiger partial charge in [0.05, 0.1) is 38.2 Å². The highest BCUT2D eigenvalue weighted by molar-refractivity contribution is 7.99. The van der Waals surface area contributed by atoms with E-state index in [1.165, 1.54) is 11.8 Å². The number of rotatable bonds is 8. The lowest BCUT2D eigenvalue weighted by atomic mass is 9.95. The zero-order valence-corrected chi connectivity index (χ0v) is 20.7. The fraction of sp³-hybridized carbons (Fsp3) is 0.625. The van der Waals surface area contributed by atoms with Gasteiger partial charge in [-0.15, -0.1) is 10.2 Å². The number of nitrogens with zero attached hydrogens (tertiary/aromatic N) is 4. The molecule has 3 aliphatic rings. The summed E-state index contributed by atoms with van der Waals surface area (Å²) in [7, 11) is 0. The van der Waals surface area contributed by atoms with Crippen molar-refractivity contribution in [2.24, 2.45) is 5.92 Å². The Morgan fingerprint density at radius 2 is 1.88 bits per heavy atom. The number of nitrogens with one attached hydrogen (secondary N) is 1. The molecular formula is C24H33N5O4S. The molecule has 1 saturated carbocycles. The first-order valence-corrected chi connectivity index (χ1v) is 13.2. The van der Waals surface area contributed by atoms with E-state index < -0.39 is 0 Å². The van der Waals surface area contributed by atoms with Gasteiger partial charge in [-0.05, 0) is 36.5 Å². The first kappa shape index (κ1) is 23.3. The molecule has 9 nitrogen and oxygen atoms in total. The molecule has 1 N–H and O–H groups in total. The number of amides is 1. The van der Waals surface area contributed by atoms with Crippen molar-refractivity contribution in [2.45, 2.75) is 50.4 Å². The Balaban J connectivity index is 1.25. The second-order valence-electron chi connectivity index (χ2n) is 9.32. The van der Waals surface area contributed by atoms with Crippen LogP contribution in [0.25, 0.3) is 0 Å². The molecule has 0 bridgehead atoms. The van der Waals surface area contributed by atoms with Crippen LogP contribution in [-0.2, 0) is 9.53 Å². The van der Waals surface area contributed by atoms with E-state index in [9.17, 15) is 4.79 Å². The summed E-state index contributed by atoms with van der Waals surface area (Å²) in [6.45, 7) is 8.58. The molecule has 184 valence electrons. The van der Waals surface area contributed by atoms with Gasteiger partial charge in [0.25, 0.3) is 0 Å². The number of aromatic nitrogens is 3. The first-order valence-electron chi connectivity index (χ1n) is 12.2. The summed E-state index contributed by atoms with van der Waals surface area (Å²) in [6, 6.07) is 6.28. The quantitative estimate of drug-likeness (QED) is 0.568. The molecular weight excluding hydrogens is 454 g/mol. The molecule has 1 amide bonds. The van der Waals surface area contributed by atoms with Crippen LogP contribution in [0.5, 0.6) is 11.5 Å². The van der Waals surface area contributed by atoms with E-state index in [4.69, 9.17) is 14.2 Å². The van der Waals surface area contributed by atoms with Crippen molar-refractivity contribution >= 4 is 23.6 Å². The van der Waals surface area contributed by atoms with E-state index in [2.05, 4.69) is 38.8 Å².